The van der Waals surface area contributed by atoms with Crippen LogP contribution >= 0.6 is 11.6 Å². The van der Waals surface area contributed by atoms with Crippen LogP contribution in [0, 0.1) is 5.92 Å². The molecule has 2 aromatic carbocycles. The Kier molecular flexibility index (Phi) is 6.35. The highest BCUT2D eigenvalue weighted by molar-refractivity contribution is 7.89. The van der Waals surface area contributed by atoms with Gasteiger partial charge in [-0.15, -0.1) is 0 Å². The van der Waals surface area contributed by atoms with Gasteiger partial charge in [0.1, 0.15) is 6.04 Å². The van der Waals surface area contributed by atoms with Gasteiger partial charge in [0.05, 0.1) is 11.1 Å². The number of hydrogen-bond donors (Lipinski definition) is 2. The molecule has 2 heterocycles. The van der Waals surface area contributed by atoms with Crippen molar-refractivity contribution in [3.63, 3.8) is 0 Å². The van der Waals surface area contributed by atoms with E-state index in [-0.39, 0.29) is 35.7 Å². The van der Waals surface area contributed by atoms with Crippen molar-refractivity contribution >= 4 is 39.1 Å². The lowest BCUT2D eigenvalue weighted by Gasteiger charge is -2.27. The summed E-state index contributed by atoms with van der Waals surface area (Å²) < 4.78 is 32.6. The Labute approximate surface area is 207 Å². The molecule has 9 nitrogen and oxygen atoms in total. The average Bonchev–Trinajstić information content (AvgIpc) is 3.22. The van der Waals surface area contributed by atoms with Gasteiger partial charge in [0.25, 0.3) is 0 Å². The molecule has 0 spiro atoms. The number of likely N-dealkylation sites (tertiary alicyclic amines) is 1. The van der Waals surface area contributed by atoms with Crippen molar-refractivity contribution in [3.8, 4) is 11.3 Å². The largest absolute Gasteiger partial charge is 0.444 e. The summed E-state index contributed by atoms with van der Waals surface area (Å²) in [5.41, 5.74) is 1.45. The van der Waals surface area contributed by atoms with Crippen LogP contribution in [0.3, 0.4) is 0 Å². The van der Waals surface area contributed by atoms with Crippen molar-refractivity contribution in [2.45, 2.75) is 36.2 Å². The van der Waals surface area contributed by atoms with E-state index in [4.69, 9.17) is 16.0 Å². The first-order valence-electron chi connectivity index (χ1n) is 11.2. The van der Waals surface area contributed by atoms with Gasteiger partial charge in [-0.2, -0.15) is 0 Å². The molecule has 0 unspecified atom stereocenters. The van der Waals surface area contributed by atoms with Crippen molar-refractivity contribution in [1.82, 2.24) is 14.6 Å². The van der Waals surface area contributed by atoms with Gasteiger partial charge in [0.15, 0.2) is 12.2 Å². The number of hydrogen-bond acceptors (Lipinski definition) is 6. The molecule has 2 aliphatic rings. The molecule has 1 saturated heterocycles. The van der Waals surface area contributed by atoms with E-state index in [0.717, 1.165) is 12.0 Å². The number of anilines is 1. The van der Waals surface area contributed by atoms with Gasteiger partial charge >= 0.3 is 0 Å². The second-order valence-corrected chi connectivity index (χ2v) is 10.9. The highest BCUT2D eigenvalue weighted by Crippen LogP contribution is 2.48. The Morgan fingerprint density at radius 2 is 1.83 bits per heavy atom. The fourth-order valence-corrected chi connectivity index (χ4v) is 5.63. The van der Waals surface area contributed by atoms with Crippen molar-refractivity contribution in [2.75, 3.05) is 11.9 Å². The summed E-state index contributed by atoms with van der Waals surface area (Å²) in [4.78, 5) is 31.6. The summed E-state index contributed by atoms with van der Waals surface area (Å²) in [5.74, 6) is 0.450. The van der Waals surface area contributed by atoms with E-state index < -0.39 is 16.1 Å². The van der Waals surface area contributed by atoms with Gasteiger partial charge in [-0.3, -0.25) is 9.59 Å². The number of aromatic nitrogens is 1. The minimum Gasteiger partial charge on any atom is -0.444 e. The minimum atomic E-state index is -3.76. The third-order valence-corrected chi connectivity index (χ3v) is 8.05. The summed E-state index contributed by atoms with van der Waals surface area (Å²) in [5, 5.41) is 3.32. The van der Waals surface area contributed by atoms with Crippen molar-refractivity contribution in [1.29, 1.82) is 0 Å². The quantitative estimate of drug-likeness (QED) is 0.475. The number of carbonyl (C=O) groups is 2. The number of oxazole rings is 1. The Hall–Kier alpha value is -3.21. The Morgan fingerprint density at radius 3 is 2.51 bits per heavy atom. The molecule has 35 heavy (non-hydrogen) atoms. The first-order chi connectivity index (χ1) is 16.8. The lowest BCUT2D eigenvalue weighted by atomic mass is 10.1. The molecule has 1 aliphatic heterocycles. The maximum absolute atomic E-state index is 13.0. The average molecular weight is 515 g/mol. The molecule has 0 bridgehead atoms. The zero-order chi connectivity index (χ0) is 24.6. The van der Waals surface area contributed by atoms with Gasteiger partial charge in [0.2, 0.25) is 21.8 Å². The molecule has 0 radical (unpaired) electrons. The van der Waals surface area contributed by atoms with Gasteiger partial charge in [0, 0.05) is 35.3 Å². The monoisotopic (exact) mass is 514 g/mol. The number of amides is 2. The summed E-state index contributed by atoms with van der Waals surface area (Å²) in [6.07, 6.45) is 4.40. The number of rotatable bonds is 8. The molecule has 1 saturated carbocycles. The molecule has 1 aliphatic carbocycles. The van der Waals surface area contributed by atoms with Crippen LogP contribution in [-0.2, 0) is 19.6 Å². The number of nitrogens with zero attached hydrogens (tertiary/aromatic N) is 2. The van der Waals surface area contributed by atoms with E-state index in [1.165, 1.54) is 30.7 Å². The zero-order valence-corrected chi connectivity index (χ0v) is 20.1. The third kappa shape index (κ3) is 5.09. The Bertz CT molecular complexity index is 1330. The second-order valence-electron chi connectivity index (χ2n) is 8.65. The third-order valence-electron chi connectivity index (χ3n) is 6.32. The maximum Gasteiger partial charge on any atom is 0.247 e. The predicted molar refractivity (Wildman–Crippen MR) is 129 cm³/mol. The van der Waals surface area contributed by atoms with Crippen molar-refractivity contribution < 1.29 is 22.4 Å². The van der Waals surface area contributed by atoms with Crippen LogP contribution in [0.2, 0.25) is 5.02 Å². The van der Waals surface area contributed by atoms with Crippen LogP contribution in [-0.4, -0.2) is 48.7 Å². The van der Waals surface area contributed by atoms with Crippen LogP contribution in [0.25, 0.3) is 11.3 Å². The fraction of sp³-hybridized carbons (Fsp3) is 0.292. The van der Waals surface area contributed by atoms with Crippen molar-refractivity contribution in [2.24, 2.45) is 5.92 Å². The number of piperidine rings is 1. The van der Waals surface area contributed by atoms with Crippen LogP contribution in [0.1, 0.15) is 19.3 Å². The summed E-state index contributed by atoms with van der Waals surface area (Å²) in [7, 11) is -3.76. The van der Waals surface area contributed by atoms with E-state index in [1.54, 1.807) is 23.2 Å². The predicted octanol–water partition coefficient (Wildman–Crippen LogP) is 3.29. The highest BCUT2D eigenvalue weighted by Gasteiger charge is 2.55. The molecule has 5 rings (SSSR count). The van der Waals surface area contributed by atoms with E-state index >= 15 is 0 Å². The van der Waals surface area contributed by atoms with Gasteiger partial charge in [-0.25, -0.2) is 18.1 Å². The SMILES string of the molecule is O=C(Nc1ccc(-c2cnco2)cc1)[C@@H]1C[C@H]2C[C@H]2N1C(=O)CCNS(=O)(=O)c1ccc(Cl)cc1. The van der Waals surface area contributed by atoms with Gasteiger partial charge < -0.3 is 14.6 Å². The van der Waals surface area contributed by atoms with E-state index in [1.807, 2.05) is 12.1 Å². The molecule has 1 aromatic heterocycles. The summed E-state index contributed by atoms with van der Waals surface area (Å²) in [6.45, 7) is -0.0604. The molecular formula is C24H23ClN4O5S. The van der Waals surface area contributed by atoms with Gasteiger partial charge in [-0.1, -0.05) is 11.6 Å². The highest BCUT2D eigenvalue weighted by atomic mass is 35.5. The van der Waals surface area contributed by atoms with E-state index in [2.05, 4.69) is 15.0 Å². The summed E-state index contributed by atoms with van der Waals surface area (Å²) in [6, 6.07) is 12.4. The van der Waals surface area contributed by atoms with Crippen LogP contribution < -0.4 is 10.0 Å². The lowest BCUT2D eigenvalue weighted by Crippen LogP contribution is -2.46. The molecular weight excluding hydrogens is 492 g/mol. The van der Waals surface area contributed by atoms with Crippen LogP contribution in [0.15, 0.2) is 70.4 Å². The van der Waals surface area contributed by atoms with Crippen LogP contribution in [0.4, 0.5) is 5.69 Å². The van der Waals surface area contributed by atoms with Gasteiger partial charge in [-0.05, 0) is 67.3 Å². The first-order valence-corrected chi connectivity index (χ1v) is 13.0. The number of carbonyl (C=O) groups excluding carboxylic acids is 2. The summed E-state index contributed by atoms with van der Waals surface area (Å²) >= 11 is 5.81. The Balaban J connectivity index is 1.18. The Morgan fingerprint density at radius 1 is 1.09 bits per heavy atom. The smallest absolute Gasteiger partial charge is 0.247 e. The molecule has 11 heteroatoms. The maximum atomic E-state index is 13.0. The molecule has 2 fully saturated rings. The molecule has 3 aromatic rings. The standard InChI is InChI=1S/C24H23ClN4O5S/c25-17-3-7-19(8-4-17)35(32,33)27-10-9-23(30)29-20-11-16(20)12-21(29)24(31)28-18-5-1-15(2-6-18)22-13-26-14-34-22/h1-8,13-14,16,20-21,27H,9-12H2,(H,28,31)/t16-,20-,21+/m1/s1. The number of nitrogens with one attached hydrogen (secondary N) is 2. The van der Waals surface area contributed by atoms with Crippen molar-refractivity contribution in [3.05, 3.63) is 66.1 Å². The minimum absolute atomic E-state index is 0.0360. The fourth-order valence-electron chi connectivity index (χ4n) is 4.47. The second kappa shape index (κ2) is 9.44. The van der Waals surface area contributed by atoms with E-state index in [9.17, 15) is 18.0 Å². The first kappa shape index (κ1) is 23.5. The van der Waals surface area contributed by atoms with Crippen LogP contribution in [0.5, 0.6) is 0 Å². The molecule has 3 atom stereocenters. The lowest BCUT2D eigenvalue weighted by molar-refractivity contribution is -0.137. The number of halogens is 1. The number of fused-ring (bicyclic) bond motifs is 1. The van der Waals surface area contributed by atoms with E-state index in [0.29, 0.717) is 28.8 Å². The topological polar surface area (TPSA) is 122 Å². The number of benzene rings is 2. The molecule has 2 N–H and O–H groups in total. The molecule has 182 valence electrons. The zero-order valence-electron chi connectivity index (χ0n) is 18.6. The molecule has 2 amide bonds. The normalized spacial score (nSPS) is 20.9. The number of sulfonamides is 1.